The van der Waals surface area contributed by atoms with Crippen molar-refractivity contribution in [3.05, 3.63) is 60.2 Å². The van der Waals surface area contributed by atoms with E-state index in [-0.39, 0.29) is 6.03 Å². The van der Waals surface area contributed by atoms with Crippen molar-refractivity contribution in [2.75, 3.05) is 45.8 Å². The van der Waals surface area contributed by atoms with Gasteiger partial charge in [-0.25, -0.2) is 4.79 Å². The molecule has 0 heterocycles. The first-order chi connectivity index (χ1) is 12.7. The van der Waals surface area contributed by atoms with Crippen LogP contribution in [0.2, 0.25) is 0 Å². The second-order valence-corrected chi connectivity index (χ2v) is 5.76. The number of anilines is 1. The quantitative estimate of drug-likeness (QED) is 0.662. The predicted octanol–water partition coefficient (Wildman–Crippen LogP) is 3.39. The van der Waals surface area contributed by atoms with E-state index in [2.05, 4.69) is 5.32 Å². The Hall–Kier alpha value is -2.57. The third kappa shape index (κ3) is 7.13. The molecule has 2 amide bonds. The maximum absolute atomic E-state index is 12.1. The van der Waals surface area contributed by atoms with Crippen molar-refractivity contribution < 1.29 is 19.0 Å². The molecule has 2 rings (SSSR count). The molecule has 140 valence electrons. The van der Waals surface area contributed by atoms with E-state index in [0.29, 0.717) is 33.0 Å². The van der Waals surface area contributed by atoms with Crippen LogP contribution in [0, 0.1) is 0 Å². The van der Waals surface area contributed by atoms with Gasteiger partial charge >= 0.3 is 6.03 Å². The Labute approximate surface area is 154 Å². The van der Waals surface area contributed by atoms with Gasteiger partial charge in [0, 0.05) is 26.4 Å². The van der Waals surface area contributed by atoms with Gasteiger partial charge in [0.15, 0.2) is 0 Å². The molecule has 6 heteroatoms. The molecule has 6 nitrogen and oxygen atoms in total. The molecule has 0 fully saturated rings. The lowest BCUT2D eigenvalue weighted by atomic mass is 10.2. The summed E-state index contributed by atoms with van der Waals surface area (Å²) in [5, 5.41) is 2.87. The van der Waals surface area contributed by atoms with E-state index in [9.17, 15) is 4.79 Å². The lowest BCUT2D eigenvalue weighted by Gasteiger charge is -2.17. The molecule has 0 bridgehead atoms. The monoisotopic (exact) mass is 358 g/mol. The second kappa shape index (κ2) is 11.1. The average molecular weight is 358 g/mol. The van der Waals surface area contributed by atoms with Crippen LogP contribution in [0.25, 0.3) is 0 Å². The van der Waals surface area contributed by atoms with E-state index < -0.39 is 0 Å². The number of ether oxygens (including phenoxy) is 3. The second-order valence-electron chi connectivity index (χ2n) is 5.76. The molecule has 0 aromatic heterocycles. The number of nitrogens with zero attached hydrogens (tertiary/aromatic N) is 1. The molecule has 0 saturated carbocycles. The molecule has 0 saturated heterocycles. The number of carbonyl (C=O) groups is 1. The standard InChI is InChI=1S/C20H26N2O4/c1-22(11-12-24-2)20(23)21-18-8-6-7-17(15-18)16-25-13-14-26-19-9-4-3-5-10-19/h3-10,15H,11-14,16H2,1-2H3,(H,21,23). The zero-order valence-electron chi connectivity index (χ0n) is 15.3. The fraction of sp³-hybridized carbons (Fsp3) is 0.350. The van der Waals surface area contributed by atoms with Gasteiger partial charge in [-0.1, -0.05) is 30.3 Å². The SMILES string of the molecule is COCCN(C)C(=O)Nc1cccc(COCCOc2ccccc2)c1. The molecule has 0 atom stereocenters. The van der Waals surface area contributed by atoms with E-state index in [0.717, 1.165) is 17.0 Å². The first-order valence-corrected chi connectivity index (χ1v) is 8.54. The van der Waals surface area contributed by atoms with Crippen molar-refractivity contribution in [1.29, 1.82) is 0 Å². The van der Waals surface area contributed by atoms with E-state index in [4.69, 9.17) is 14.2 Å². The molecule has 0 spiro atoms. The van der Waals surface area contributed by atoms with Crippen molar-refractivity contribution in [3.8, 4) is 5.75 Å². The normalized spacial score (nSPS) is 10.4. The number of methoxy groups -OCH3 is 1. The van der Waals surface area contributed by atoms with Crippen molar-refractivity contribution in [2.24, 2.45) is 0 Å². The number of hydrogen-bond donors (Lipinski definition) is 1. The summed E-state index contributed by atoms with van der Waals surface area (Å²) in [4.78, 5) is 13.7. The Balaban J connectivity index is 1.71. The summed E-state index contributed by atoms with van der Waals surface area (Å²) >= 11 is 0. The topological polar surface area (TPSA) is 60.0 Å². The van der Waals surface area contributed by atoms with E-state index in [1.165, 1.54) is 0 Å². The van der Waals surface area contributed by atoms with Gasteiger partial charge in [0.25, 0.3) is 0 Å². The van der Waals surface area contributed by atoms with Gasteiger partial charge in [0.2, 0.25) is 0 Å². The minimum absolute atomic E-state index is 0.170. The minimum atomic E-state index is -0.170. The molecule has 2 aromatic rings. The van der Waals surface area contributed by atoms with Gasteiger partial charge in [-0.3, -0.25) is 0 Å². The fourth-order valence-corrected chi connectivity index (χ4v) is 2.21. The maximum Gasteiger partial charge on any atom is 0.321 e. The predicted molar refractivity (Wildman–Crippen MR) is 102 cm³/mol. The van der Waals surface area contributed by atoms with Crippen LogP contribution < -0.4 is 10.1 Å². The van der Waals surface area contributed by atoms with E-state index >= 15 is 0 Å². The van der Waals surface area contributed by atoms with E-state index in [1.807, 2.05) is 54.6 Å². The van der Waals surface area contributed by atoms with Gasteiger partial charge in [0.05, 0.1) is 19.8 Å². The van der Waals surface area contributed by atoms with Crippen LogP contribution in [0.4, 0.5) is 10.5 Å². The molecule has 1 N–H and O–H groups in total. The van der Waals surface area contributed by atoms with Crippen LogP contribution >= 0.6 is 0 Å². The number of para-hydroxylation sites is 1. The number of urea groups is 1. The van der Waals surface area contributed by atoms with Gasteiger partial charge in [0.1, 0.15) is 12.4 Å². The number of amides is 2. The smallest absolute Gasteiger partial charge is 0.321 e. The summed E-state index contributed by atoms with van der Waals surface area (Å²) in [6.07, 6.45) is 0. The molecule has 26 heavy (non-hydrogen) atoms. The Bertz CT molecular complexity index is 664. The highest BCUT2D eigenvalue weighted by molar-refractivity contribution is 5.89. The van der Waals surface area contributed by atoms with E-state index in [1.54, 1.807) is 19.1 Å². The number of hydrogen-bond acceptors (Lipinski definition) is 4. The molecule has 2 aromatic carbocycles. The number of benzene rings is 2. The third-order valence-corrected chi connectivity index (χ3v) is 3.66. The molecule has 0 aliphatic heterocycles. The fourth-order valence-electron chi connectivity index (χ4n) is 2.21. The Morgan fingerprint density at radius 1 is 1.04 bits per heavy atom. The van der Waals surface area contributed by atoms with Gasteiger partial charge in [-0.15, -0.1) is 0 Å². The number of nitrogens with one attached hydrogen (secondary N) is 1. The Morgan fingerprint density at radius 3 is 2.62 bits per heavy atom. The lowest BCUT2D eigenvalue weighted by molar-refractivity contribution is 0.0889. The zero-order chi connectivity index (χ0) is 18.6. The average Bonchev–Trinajstić information content (AvgIpc) is 2.67. The largest absolute Gasteiger partial charge is 0.491 e. The summed E-state index contributed by atoms with van der Waals surface area (Å²) < 4.78 is 16.2. The first-order valence-electron chi connectivity index (χ1n) is 8.54. The van der Waals surface area contributed by atoms with Gasteiger partial charge in [-0.05, 0) is 29.8 Å². The summed E-state index contributed by atoms with van der Waals surface area (Å²) in [6.45, 7) is 2.48. The molecule has 0 unspecified atom stereocenters. The summed E-state index contributed by atoms with van der Waals surface area (Å²) in [6, 6.07) is 17.1. The summed E-state index contributed by atoms with van der Waals surface area (Å²) in [5.41, 5.74) is 1.72. The van der Waals surface area contributed by atoms with Crippen molar-refractivity contribution in [1.82, 2.24) is 4.90 Å². The molecule has 0 aliphatic rings. The van der Waals surface area contributed by atoms with Crippen molar-refractivity contribution in [2.45, 2.75) is 6.61 Å². The van der Waals surface area contributed by atoms with Gasteiger partial charge in [-0.2, -0.15) is 0 Å². The molecular weight excluding hydrogens is 332 g/mol. The summed E-state index contributed by atoms with van der Waals surface area (Å²) in [5.74, 6) is 0.832. The maximum atomic E-state index is 12.1. The molecule has 0 radical (unpaired) electrons. The van der Waals surface area contributed by atoms with Gasteiger partial charge < -0.3 is 24.4 Å². The third-order valence-electron chi connectivity index (χ3n) is 3.66. The number of likely N-dealkylation sites (N-methyl/N-ethyl adjacent to an activating group) is 1. The van der Waals surface area contributed by atoms with Crippen molar-refractivity contribution in [3.63, 3.8) is 0 Å². The number of carbonyl (C=O) groups excluding carboxylic acids is 1. The zero-order valence-corrected chi connectivity index (χ0v) is 15.3. The highest BCUT2D eigenvalue weighted by Gasteiger charge is 2.08. The van der Waals surface area contributed by atoms with Crippen LogP contribution in [0.15, 0.2) is 54.6 Å². The minimum Gasteiger partial charge on any atom is -0.491 e. The van der Waals surface area contributed by atoms with Crippen LogP contribution in [-0.4, -0.2) is 51.5 Å². The van der Waals surface area contributed by atoms with Crippen LogP contribution in [0.5, 0.6) is 5.75 Å². The highest BCUT2D eigenvalue weighted by atomic mass is 16.5. The Morgan fingerprint density at radius 2 is 1.85 bits per heavy atom. The van der Waals surface area contributed by atoms with Crippen LogP contribution in [0.1, 0.15) is 5.56 Å². The molecule has 0 aliphatic carbocycles. The molecular formula is C20H26N2O4. The van der Waals surface area contributed by atoms with Crippen LogP contribution in [0.3, 0.4) is 0 Å². The van der Waals surface area contributed by atoms with Crippen LogP contribution in [-0.2, 0) is 16.1 Å². The Kier molecular flexibility index (Phi) is 8.45. The van der Waals surface area contributed by atoms with Crippen molar-refractivity contribution >= 4 is 11.7 Å². The first kappa shape index (κ1) is 19.8. The summed E-state index contributed by atoms with van der Waals surface area (Å²) in [7, 11) is 3.34. The highest BCUT2D eigenvalue weighted by Crippen LogP contribution is 2.12. The lowest BCUT2D eigenvalue weighted by Crippen LogP contribution is -2.33. The number of rotatable bonds is 10.